The molecule has 3 heteroatoms. The summed E-state index contributed by atoms with van der Waals surface area (Å²) in [5.41, 5.74) is 0.443. The van der Waals surface area contributed by atoms with E-state index in [-0.39, 0.29) is 0 Å². The highest BCUT2D eigenvalue weighted by molar-refractivity contribution is 4.93. The van der Waals surface area contributed by atoms with Gasteiger partial charge in [-0.2, -0.15) is 0 Å². The lowest BCUT2D eigenvalue weighted by Gasteiger charge is -2.43. The number of nitrogens with zero attached hydrogens (tertiary/aromatic N) is 1. The Morgan fingerprint density at radius 3 is 2.47 bits per heavy atom. The number of hydrogen-bond donors (Lipinski definition) is 2. The van der Waals surface area contributed by atoms with E-state index in [0.717, 1.165) is 12.5 Å². The van der Waals surface area contributed by atoms with Crippen molar-refractivity contribution in [1.29, 1.82) is 0 Å². The second kappa shape index (κ2) is 6.55. The van der Waals surface area contributed by atoms with Crippen molar-refractivity contribution in [3.05, 3.63) is 0 Å². The van der Waals surface area contributed by atoms with Crippen LogP contribution in [-0.2, 0) is 0 Å². The van der Waals surface area contributed by atoms with Crippen LogP contribution >= 0.6 is 0 Å². The van der Waals surface area contributed by atoms with Crippen LogP contribution in [0.5, 0.6) is 0 Å². The van der Waals surface area contributed by atoms with Gasteiger partial charge in [0.1, 0.15) is 0 Å². The lowest BCUT2D eigenvalue weighted by Crippen LogP contribution is -2.48. The Kier molecular flexibility index (Phi) is 5.27. The topological polar surface area (TPSA) is 35.5 Å². The van der Waals surface area contributed by atoms with Crippen molar-refractivity contribution >= 4 is 0 Å². The Bertz CT molecular complexity index is 274. The van der Waals surface area contributed by atoms with Crippen LogP contribution in [0.15, 0.2) is 0 Å². The minimum absolute atomic E-state index is 0.327. The van der Waals surface area contributed by atoms with Gasteiger partial charge in [0.15, 0.2) is 0 Å². The van der Waals surface area contributed by atoms with Crippen LogP contribution in [0, 0.1) is 17.3 Å². The molecule has 19 heavy (non-hydrogen) atoms. The number of rotatable bonds is 5. The first-order chi connectivity index (χ1) is 9.10. The van der Waals surface area contributed by atoms with E-state index in [1.165, 1.54) is 45.2 Å². The molecule has 0 radical (unpaired) electrons. The lowest BCUT2D eigenvalue weighted by atomic mass is 9.70. The molecule has 2 unspecified atom stereocenters. The molecular weight excluding hydrogens is 236 g/mol. The van der Waals surface area contributed by atoms with Crippen LogP contribution in [-0.4, -0.2) is 49.3 Å². The van der Waals surface area contributed by atoms with Gasteiger partial charge >= 0.3 is 0 Å². The highest BCUT2D eigenvalue weighted by Crippen LogP contribution is 2.40. The van der Waals surface area contributed by atoms with Crippen LogP contribution < -0.4 is 5.32 Å². The summed E-state index contributed by atoms with van der Waals surface area (Å²) in [4.78, 5) is 2.57. The number of likely N-dealkylation sites (tertiary alicyclic amines) is 1. The summed E-state index contributed by atoms with van der Waals surface area (Å²) in [6, 6.07) is 0.396. The van der Waals surface area contributed by atoms with E-state index in [1.54, 1.807) is 0 Å². The number of aliphatic hydroxyl groups is 1. The predicted octanol–water partition coefficient (Wildman–Crippen LogP) is 2.10. The fourth-order valence-electron chi connectivity index (χ4n) is 4.15. The summed E-state index contributed by atoms with van der Waals surface area (Å²) >= 11 is 0. The minimum Gasteiger partial charge on any atom is -0.395 e. The van der Waals surface area contributed by atoms with Crippen molar-refractivity contribution in [1.82, 2.24) is 10.2 Å². The third-order valence-corrected chi connectivity index (χ3v) is 5.61. The summed E-state index contributed by atoms with van der Waals surface area (Å²) in [6.07, 6.45) is 6.68. The number of hydrogen-bond acceptors (Lipinski definition) is 3. The van der Waals surface area contributed by atoms with E-state index in [0.29, 0.717) is 24.0 Å². The molecule has 0 aromatic carbocycles. The first-order valence-corrected chi connectivity index (χ1v) is 8.10. The zero-order valence-corrected chi connectivity index (χ0v) is 13.0. The molecule has 1 saturated heterocycles. The molecule has 1 aliphatic heterocycles. The monoisotopic (exact) mass is 268 g/mol. The normalized spacial score (nSPS) is 40.7. The average Bonchev–Trinajstić information content (AvgIpc) is 2.74. The molecule has 1 aliphatic carbocycles. The smallest absolute Gasteiger partial charge is 0.0589 e. The second-order valence-corrected chi connectivity index (χ2v) is 7.20. The molecule has 2 fully saturated rings. The maximum Gasteiger partial charge on any atom is 0.0589 e. The van der Waals surface area contributed by atoms with Crippen molar-refractivity contribution in [3.8, 4) is 0 Å². The molecule has 2 aliphatic rings. The fourth-order valence-corrected chi connectivity index (χ4v) is 4.15. The molecule has 3 nitrogen and oxygen atoms in total. The van der Waals surface area contributed by atoms with Crippen molar-refractivity contribution < 1.29 is 5.11 Å². The van der Waals surface area contributed by atoms with E-state index >= 15 is 0 Å². The summed E-state index contributed by atoms with van der Waals surface area (Å²) < 4.78 is 0. The quantitative estimate of drug-likeness (QED) is 0.801. The van der Waals surface area contributed by atoms with E-state index < -0.39 is 0 Å². The molecule has 0 aromatic rings. The second-order valence-electron chi connectivity index (χ2n) is 7.20. The van der Waals surface area contributed by atoms with Gasteiger partial charge in [0.05, 0.1) is 6.61 Å². The Balaban J connectivity index is 2.00. The van der Waals surface area contributed by atoms with Gasteiger partial charge in [-0.25, -0.2) is 0 Å². The van der Waals surface area contributed by atoms with Crippen LogP contribution in [0.25, 0.3) is 0 Å². The van der Waals surface area contributed by atoms with Crippen LogP contribution in [0.3, 0.4) is 0 Å². The molecule has 0 aromatic heterocycles. The molecule has 2 rings (SSSR count). The Labute approximate surface area is 118 Å². The van der Waals surface area contributed by atoms with Gasteiger partial charge in [-0.1, -0.05) is 26.7 Å². The van der Waals surface area contributed by atoms with Gasteiger partial charge in [-0.05, 0) is 50.1 Å². The first-order valence-electron chi connectivity index (χ1n) is 8.10. The molecule has 2 atom stereocenters. The molecule has 0 spiro atoms. The molecule has 0 amide bonds. The van der Waals surface area contributed by atoms with Gasteiger partial charge in [0.2, 0.25) is 0 Å². The van der Waals surface area contributed by atoms with Gasteiger partial charge in [0.25, 0.3) is 0 Å². The summed E-state index contributed by atoms with van der Waals surface area (Å²) in [5.74, 6) is 1.55. The Morgan fingerprint density at radius 2 is 1.89 bits per heavy atom. The minimum atomic E-state index is 0.327. The van der Waals surface area contributed by atoms with Gasteiger partial charge in [0, 0.05) is 19.1 Å². The zero-order valence-electron chi connectivity index (χ0n) is 13.0. The maximum atomic E-state index is 9.63. The van der Waals surface area contributed by atoms with Crippen molar-refractivity contribution in [2.75, 3.05) is 33.3 Å². The molecule has 1 saturated carbocycles. The van der Waals surface area contributed by atoms with E-state index in [4.69, 9.17) is 0 Å². The Morgan fingerprint density at radius 1 is 1.21 bits per heavy atom. The molecule has 112 valence electrons. The third-order valence-electron chi connectivity index (χ3n) is 5.61. The summed E-state index contributed by atoms with van der Waals surface area (Å²) in [6.45, 7) is 8.48. The highest BCUT2D eigenvalue weighted by atomic mass is 16.3. The van der Waals surface area contributed by atoms with E-state index in [1.807, 2.05) is 0 Å². The van der Waals surface area contributed by atoms with Gasteiger partial charge < -0.3 is 10.4 Å². The summed E-state index contributed by atoms with van der Waals surface area (Å²) in [7, 11) is 2.08. The van der Waals surface area contributed by atoms with Crippen molar-refractivity contribution in [2.24, 2.45) is 17.3 Å². The van der Waals surface area contributed by atoms with Gasteiger partial charge in [-0.15, -0.1) is 0 Å². The highest BCUT2D eigenvalue weighted by Gasteiger charge is 2.39. The van der Waals surface area contributed by atoms with Crippen LogP contribution in [0.4, 0.5) is 0 Å². The standard InChI is InChI=1S/C16H32N2O/c1-13-4-7-16(8-5-13,11-17-3)12-18-9-6-14(2)15(18)10-19/h13-15,17,19H,4-12H2,1-3H3. The fraction of sp³-hybridized carbons (Fsp3) is 1.00. The molecule has 0 bridgehead atoms. The first kappa shape index (κ1) is 15.3. The van der Waals surface area contributed by atoms with Gasteiger partial charge in [-0.3, -0.25) is 4.90 Å². The van der Waals surface area contributed by atoms with E-state index in [9.17, 15) is 5.11 Å². The van der Waals surface area contributed by atoms with Crippen molar-refractivity contribution in [3.63, 3.8) is 0 Å². The average molecular weight is 268 g/mol. The molecule has 2 N–H and O–H groups in total. The number of nitrogens with one attached hydrogen (secondary N) is 1. The SMILES string of the molecule is CNCC1(CN2CCC(C)C2CO)CCC(C)CC1. The predicted molar refractivity (Wildman–Crippen MR) is 80.2 cm³/mol. The lowest BCUT2D eigenvalue weighted by molar-refractivity contribution is 0.0573. The molecular formula is C16H32N2O. The largest absolute Gasteiger partial charge is 0.395 e. The van der Waals surface area contributed by atoms with Crippen LogP contribution in [0.1, 0.15) is 46.0 Å². The number of aliphatic hydroxyl groups excluding tert-OH is 1. The zero-order chi connectivity index (χ0) is 13.9. The maximum absolute atomic E-state index is 9.63. The summed E-state index contributed by atoms with van der Waals surface area (Å²) in [5, 5.41) is 13.1. The van der Waals surface area contributed by atoms with Crippen molar-refractivity contribution in [2.45, 2.75) is 52.0 Å². The third kappa shape index (κ3) is 3.50. The van der Waals surface area contributed by atoms with Crippen LogP contribution in [0.2, 0.25) is 0 Å². The molecule has 1 heterocycles. The van der Waals surface area contributed by atoms with E-state index in [2.05, 4.69) is 31.1 Å². The Hall–Kier alpha value is -0.120.